The predicted molar refractivity (Wildman–Crippen MR) is 98.0 cm³/mol. The van der Waals surface area contributed by atoms with E-state index in [0.29, 0.717) is 5.92 Å². The Labute approximate surface area is 138 Å². The highest BCUT2D eigenvalue weighted by Crippen LogP contribution is 2.26. The van der Waals surface area contributed by atoms with Gasteiger partial charge in [-0.25, -0.2) is 0 Å². The summed E-state index contributed by atoms with van der Waals surface area (Å²) in [5.74, 6) is 0.498. The van der Waals surface area contributed by atoms with Crippen LogP contribution in [0.25, 0.3) is 0 Å². The van der Waals surface area contributed by atoms with Crippen LogP contribution >= 0.6 is 0 Å². The molecule has 0 aromatic carbocycles. The largest absolute Gasteiger partial charge is 0.389 e. The Hall–Kier alpha value is -0.820. The maximum Gasteiger partial charge on any atom is 0.0752 e. The lowest BCUT2D eigenvalue weighted by Crippen LogP contribution is -2.20. The summed E-state index contributed by atoms with van der Waals surface area (Å²) < 4.78 is 0. The molecule has 0 aromatic heterocycles. The smallest absolute Gasteiger partial charge is 0.0752 e. The van der Waals surface area contributed by atoms with Gasteiger partial charge in [-0.1, -0.05) is 75.5 Å². The second kappa shape index (κ2) is 13.8. The average molecular weight is 305 g/mol. The molecule has 1 unspecified atom stereocenters. The number of allylic oxidation sites excluding steroid dienone is 5. The van der Waals surface area contributed by atoms with Crippen LogP contribution in [0.5, 0.6) is 0 Å². The molecular weight excluding hydrogens is 268 g/mol. The SMILES string of the molecule is CCCC/C=C/CCCC/C=C/C=C/C(O)C1CCCCC1. The van der Waals surface area contributed by atoms with E-state index in [2.05, 4.69) is 31.2 Å². The zero-order chi connectivity index (χ0) is 15.9. The van der Waals surface area contributed by atoms with Crippen molar-refractivity contribution in [1.82, 2.24) is 0 Å². The number of hydrogen-bond acceptors (Lipinski definition) is 1. The van der Waals surface area contributed by atoms with E-state index in [1.807, 2.05) is 12.2 Å². The summed E-state index contributed by atoms with van der Waals surface area (Å²) >= 11 is 0. The van der Waals surface area contributed by atoms with Crippen LogP contribution < -0.4 is 0 Å². The predicted octanol–water partition coefficient (Wildman–Crippen LogP) is 6.35. The third-order valence-electron chi connectivity index (χ3n) is 4.57. The van der Waals surface area contributed by atoms with Crippen molar-refractivity contribution < 1.29 is 5.11 Å². The summed E-state index contributed by atoms with van der Waals surface area (Å²) in [6.07, 6.45) is 27.8. The van der Waals surface area contributed by atoms with E-state index in [1.54, 1.807) is 0 Å². The Kier molecular flexibility index (Phi) is 12.1. The van der Waals surface area contributed by atoms with E-state index in [4.69, 9.17) is 0 Å². The van der Waals surface area contributed by atoms with Gasteiger partial charge in [0, 0.05) is 0 Å². The summed E-state index contributed by atoms with van der Waals surface area (Å²) in [5, 5.41) is 10.1. The summed E-state index contributed by atoms with van der Waals surface area (Å²) in [4.78, 5) is 0. The number of aliphatic hydroxyl groups is 1. The minimum atomic E-state index is -0.238. The van der Waals surface area contributed by atoms with Gasteiger partial charge in [-0.05, 0) is 50.9 Å². The lowest BCUT2D eigenvalue weighted by atomic mass is 9.85. The van der Waals surface area contributed by atoms with Crippen LogP contribution in [0, 0.1) is 5.92 Å². The van der Waals surface area contributed by atoms with Crippen LogP contribution in [0.4, 0.5) is 0 Å². The molecule has 0 spiro atoms. The summed E-state index contributed by atoms with van der Waals surface area (Å²) in [6, 6.07) is 0. The highest BCUT2D eigenvalue weighted by atomic mass is 16.3. The highest BCUT2D eigenvalue weighted by molar-refractivity contribution is 5.05. The molecule has 0 amide bonds. The molecule has 0 radical (unpaired) electrons. The Bertz CT molecular complexity index is 321. The van der Waals surface area contributed by atoms with Gasteiger partial charge in [-0.2, -0.15) is 0 Å². The van der Waals surface area contributed by atoms with Crippen LogP contribution in [-0.4, -0.2) is 11.2 Å². The van der Waals surface area contributed by atoms with Crippen molar-refractivity contribution in [2.75, 3.05) is 0 Å². The zero-order valence-electron chi connectivity index (χ0n) is 14.6. The van der Waals surface area contributed by atoms with Crippen molar-refractivity contribution in [1.29, 1.82) is 0 Å². The number of rotatable bonds is 11. The van der Waals surface area contributed by atoms with Gasteiger partial charge in [0.05, 0.1) is 6.10 Å². The van der Waals surface area contributed by atoms with E-state index >= 15 is 0 Å². The Morgan fingerprint density at radius 1 is 0.864 bits per heavy atom. The van der Waals surface area contributed by atoms with Crippen LogP contribution in [0.1, 0.15) is 84.0 Å². The van der Waals surface area contributed by atoms with E-state index in [0.717, 1.165) is 6.42 Å². The molecule has 1 heteroatoms. The topological polar surface area (TPSA) is 20.2 Å². The quantitative estimate of drug-likeness (QED) is 0.268. The molecule has 0 aromatic rings. The van der Waals surface area contributed by atoms with Gasteiger partial charge >= 0.3 is 0 Å². The molecule has 1 fully saturated rings. The van der Waals surface area contributed by atoms with Gasteiger partial charge in [-0.3, -0.25) is 0 Å². The molecule has 1 nitrogen and oxygen atoms in total. The minimum absolute atomic E-state index is 0.238. The molecule has 0 heterocycles. The summed E-state index contributed by atoms with van der Waals surface area (Å²) in [6.45, 7) is 2.24. The first-order valence-corrected chi connectivity index (χ1v) is 9.51. The normalized spacial score (nSPS) is 18.8. The summed E-state index contributed by atoms with van der Waals surface area (Å²) in [5.41, 5.74) is 0. The average Bonchev–Trinajstić information content (AvgIpc) is 2.56. The molecule has 1 N–H and O–H groups in total. The van der Waals surface area contributed by atoms with Gasteiger partial charge in [0.15, 0.2) is 0 Å². The van der Waals surface area contributed by atoms with Crippen LogP contribution in [0.3, 0.4) is 0 Å². The molecule has 0 saturated heterocycles. The Morgan fingerprint density at radius 2 is 1.50 bits per heavy atom. The van der Waals surface area contributed by atoms with Crippen LogP contribution in [0.2, 0.25) is 0 Å². The van der Waals surface area contributed by atoms with E-state index in [9.17, 15) is 5.11 Å². The monoisotopic (exact) mass is 304 g/mol. The van der Waals surface area contributed by atoms with Crippen molar-refractivity contribution in [2.24, 2.45) is 5.92 Å². The lowest BCUT2D eigenvalue weighted by molar-refractivity contribution is 0.125. The van der Waals surface area contributed by atoms with E-state index < -0.39 is 0 Å². The molecule has 1 aliphatic carbocycles. The maximum atomic E-state index is 10.1. The van der Waals surface area contributed by atoms with Gasteiger partial charge in [0.1, 0.15) is 0 Å². The van der Waals surface area contributed by atoms with Crippen molar-refractivity contribution in [3.8, 4) is 0 Å². The molecule has 1 saturated carbocycles. The fourth-order valence-electron chi connectivity index (χ4n) is 3.07. The number of unbranched alkanes of at least 4 members (excludes halogenated alkanes) is 5. The number of hydrogen-bond donors (Lipinski definition) is 1. The molecular formula is C21H36O. The van der Waals surface area contributed by atoms with Gasteiger partial charge < -0.3 is 5.11 Å². The third kappa shape index (κ3) is 10.00. The molecule has 0 bridgehead atoms. The van der Waals surface area contributed by atoms with Gasteiger partial charge in [-0.15, -0.1) is 0 Å². The van der Waals surface area contributed by atoms with Gasteiger partial charge in [0.25, 0.3) is 0 Å². The minimum Gasteiger partial charge on any atom is -0.389 e. The van der Waals surface area contributed by atoms with Crippen molar-refractivity contribution in [3.63, 3.8) is 0 Å². The van der Waals surface area contributed by atoms with E-state index in [-0.39, 0.29) is 6.10 Å². The highest BCUT2D eigenvalue weighted by Gasteiger charge is 2.18. The van der Waals surface area contributed by atoms with Crippen molar-refractivity contribution in [2.45, 2.75) is 90.1 Å². The first-order chi connectivity index (χ1) is 10.8. The van der Waals surface area contributed by atoms with Crippen molar-refractivity contribution in [3.05, 3.63) is 36.5 Å². The Morgan fingerprint density at radius 3 is 2.18 bits per heavy atom. The maximum absolute atomic E-state index is 10.1. The van der Waals surface area contributed by atoms with E-state index in [1.165, 1.54) is 70.6 Å². The molecule has 1 rings (SSSR count). The second-order valence-electron chi connectivity index (χ2n) is 6.60. The second-order valence-corrected chi connectivity index (χ2v) is 6.60. The molecule has 22 heavy (non-hydrogen) atoms. The Balaban J connectivity index is 1.98. The fraction of sp³-hybridized carbons (Fsp3) is 0.714. The molecule has 126 valence electrons. The summed E-state index contributed by atoms with van der Waals surface area (Å²) in [7, 11) is 0. The molecule has 1 aliphatic rings. The fourth-order valence-corrected chi connectivity index (χ4v) is 3.07. The van der Waals surface area contributed by atoms with Crippen molar-refractivity contribution >= 4 is 0 Å². The van der Waals surface area contributed by atoms with Crippen LogP contribution in [0.15, 0.2) is 36.5 Å². The number of aliphatic hydroxyl groups excluding tert-OH is 1. The zero-order valence-corrected chi connectivity index (χ0v) is 14.6. The molecule has 0 aliphatic heterocycles. The van der Waals surface area contributed by atoms with Gasteiger partial charge in [0.2, 0.25) is 0 Å². The lowest BCUT2D eigenvalue weighted by Gasteiger charge is -2.24. The standard InChI is InChI=1S/C21H36O/c1-2-3-4-5-6-7-8-9-10-11-12-16-19-21(22)20-17-14-13-15-18-20/h5-6,11-12,16,19-22H,2-4,7-10,13-15,17-18H2,1H3/b6-5+,12-11+,19-16+. The first kappa shape index (κ1) is 19.2. The first-order valence-electron chi connectivity index (χ1n) is 9.51. The van der Waals surface area contributed by atoms with Crippen LogP contribution in [-0.2, 0) is 0 Å². The third-order valence-corrected chi connectivity index (χ3v) is 4.57. The molecule has 1 atom stereocenters.